The van der Waals surface area contributed by atoms with Crippen LogP contribution in [0.15, 0.2) is 0 Å². The number of hydrogen-bond donors (Lipinski definition) is 2. The molecule has 0 saturated carbocycles. The van der Waals surface area contributed by atoms with Gasteiger partial charge in [-0.1, -0.05) is 27.2 Å². The Kier molecular flexibility index (Phi) is 10.3. The lowest BCUT2D eigenvalue weighted by Gasteiger charge is -2.35. The summed E-state index contributed by atoms with van der Waals surface area (Å²) < 4.78 is 0. The molecule has 0 aromatic heterocycles. The number of nitrogens with zero attached hydrogens (tertiary/aromatic N) is 2. The zero-order valence-electron chi connectivity index (χ0n) is 14.7. The number of halogens is 1. The highest BCUT2D eigenvalue weighted by Crippen LogP contribution is 2.09. The Morgan fingerprint density at radius 3 is 2.27 bits per heavy atom. The standard InChI is InChI=1S/C16H34N4O.ClH/c1-5-7-16(4,17)15(21)18-12-14(3)13-20-10-8-19(6-2)9-11-20;/h14H,5-13,17H2,1-4H3,(H,18,21);1H. The number of likely N-dealkylation sites (N-methyl/N-ethyl adjacent to an activating group) is 1. The van der Waals surface area contributed by atoms with Crippen molar-refractivity contribution in [1.82, 2.24) is 15.1 Å². The maximum Gasteiger partial charge on any atom is 0.239 e. The van der Waals surface area contributed by atoms with E-state index in [1.165, 1.54) is 0 Å². The Labute approximate surface area is 142 Å². The third kappa shape index (κ3) is 7.27. The summed E-state index contributed by atoms with van der Waals surface area (Å²) in [6.07, 6.45) is 1.66. The number of nitrogens with one attached hydrogen (secondary N) is 1. The van der Waals surface area contributed by atoms with Crippen molar-refractivity contribution in [2.75, 3.05) is 45.8 Å². The summed E-state index contributed by atoms with van der Waals surface area (Å²) in [5, 5.41) is 3.02. The molecule has 2 atom stereocenters. The van der Waals surface area contributed by atoms with Crippen LogP contribution >= 0.6 is 12.4 Å². The van der Waals surface area contributed by atoms with Crippen molar-refractivity contribution in [2.24, 2.45) is 11.7 Å². The summed E-state index contributed by atoms with van der Waals surface area (Å²) in [7, 11) is 0. The Balaban J connectivity index is 0.00000441. The lowest BCUT2D eigenvalue weighted by molar-refractivity contribution is -0.126. The van der Waals surface area contributed by atoms with Crippen molar-refractivity contribution >= 4 is 18.3 Å². The van der Waals surface area contributed by atoms with Crippen molar-refractivity contribution in [1.29, 1.82) is 0 Å². The number of piperazine rings is 1. The lowest BCUT2D eigenvalue weighted by Crippen LogP contribution is -2.53. The van der Waals surface area contributed by atoms with Crippen molar-refractivity contribution < 1.29 is 4.79 Å². The molecular weight excluding hydrogens is 300 g/mol. The summed E-state index contributed by atoms with van der Waals surface area (Å²) in [6.45, 7) is 15.8. The minimum Gasteiger partial charge on any atom is -0.354 e. The molecule has 1 fully saturated rings. The second-order valence-electron chi connectivity index (χ2n) is 6.72. The Hall–Kier alpha value is -0.360. The monoisotopic (exact) mass is 334 g/mol. The summed E-state index contributed by atoms with van der Waals surface area (Å²) in [4.78, 5) is 17.1. The maximum atomic E-state index is 12.1. The number of carbonyl (C=O) groups excluding carboxylic acids is 1. The molecule has 0 radical (unpaired) electrons. The Morgan fingerprint density at radius 1 is 1.23 bits per heavy atom. The van der Waals surface area contributed by atoms with Gasteiger partial charge in [0, 0.05) is 39.3 Å². The summed E-state index contributed by atoms with van der Waals surface area (Å²) in [5.74, 6) is 0.437. The zero-order chi connectivity index (χ0) is 15.9. The molecule has 1 heterocycles. The van der Waals surface area contributed by atoms with Crippen LogP contribution in [0.4, 0.5) is 0 Å². The fraction of sp³-hybridized carbons (Fsp3) is 0.938. The Morgan fingerprint density at radius 2 is 1.77 bits per heavy atom. The van der Waals surface area contributed by atoms with Crippen LogP contribution < -0.4 is 11.1 Å². The van der Waals surface area contributed by atoms with Gasteiger partial charge in [-0.25, -0.2) is 0 Å². The van der Waals surface area contributed by atoms with Gasteiger partial charge in [-0.2, -0.15) is 0 Å². The highest BCUT2D eigenvalue weighted by Gasteiger charge is 2.27. The molecule has 1 saturated heterocycles. The highest BCUT2D eigenvalue weighted by molar-refractivity contribution is 5.85. The van der Waals surface area contributed by atoms with Crippen molar-refractivity contribution in [3.05, 3.63) is 0 Å². The molecule has 1 aliphatic heterocycles. The van der Waals surface area contributed by atoms with Gasteiger partial charge in [0.05, 0.1) is 5.54 Å². The molecule has 22 heavy (non-hydrogen) atoms. The summed E-state index contributed by atoms with van der Waals surface area (Å²) >= 11 is 0. The second-order valence-corrected chi connectivity index (χ2v) is 6.72. The average Bonchev–Trinajstić information content (AvgIpc) is 2.45. The van der Waals surface area contributed by atoms with E-state index < -0.39 is 5.54 Å². The third-order valence-electron chi connectivity index (χ3n) is 4.38. The molecule has 1 rings (SSSR count). The molecule has 3 N–H and O–H groups in total. The van der Waals surface area contributed by atoms with E-state index in [2.05, 4.69) is 35.9 Å². The predicted molar refractivity (Wildman–Crippen MR) is 95.5 cm³/mol. The van der Waals surface area contributed by atoms with Gasteiger partial charge in [-0.15, -0.1) is 12.4 Å². The van der Waals surface area contributed by atoms with E-state index in [0.29, 0.717) is 12.5 Å². The first-order chi connectivity index (χ1) is 9.89. The zero-order valence-corrected chi connectivity index (χ0v) is 15.5. The van der Waals surface area contributed by atoms with Gasteiger partial charge >= 0.3 is 0 Å². The van der Waals surface area contributed by atoms with Crippen LogP contribution in [0.2, 0.25) is 0 Å². The van der Waals surface area contributed by atoms with Gasteiger partial charge < -0.3 is 20.9 Å². The van der Waals surface area contributed by atoms with Crippen LogP contribution in [-0.4, -0.2) is 67.1 Å². The molecule has 0 aromatic rings. The molecule has 0 aliphatic carbocycles. The molecule has 132 valence electrons. The number of rotatable bonds is 8. The van der Waals surface area contributed by atoms with Crippen LogP contribution in [0.1, 0.15) is 40.5 Å². The molecule has 1 amide bonds. The summed E-state index contributed by atoms with van der Waals surface area (Å²) in [6, 6.07) is 0. The average molecular weight is 335 g/mol. The fourth-order valence-corrected chi connectivity index (χ4v) is 2.90. The first-order valence-electron chi connectivity index (χ1n) is 8.41. The highest BCUT2D eigenvalue weighted by atomic mass is 35.5. The van der Waals surface area contributed by atoms with Crippen molar-refractivity contribution in [2.45, 2.75) is 46.1 Å². The van der Waals surface area contributed by atoms with Crippen molar-refractivity contribution in [3.63, 3.8) is 0 Å². The molecule has 0 aromatic carbocycles. The van der Waals surface area contributed by atoms with Crippen LogP contribution in [0, 0.1) is 5.92 Å². The molecule has 6 heteroatoms. The normalized spacial score (nSPS) is 20.8. The van der Waals surface area contributed by atoms with E-state index in [0.717, 1.165) is 52.1 Å². The number of nitrogens with two attached hydrogens (primary N) is 1. The van der Waals surface area contributed by atoms with Crippen LogP contribution in [0.3, 0.4) is 0 Å². The Bertz CT molecular complexity index is 317. The largest absolute Gasteiger partial charge is 0.354 e. The quantitative estimate of drug-likeness (QED) is 0.702. The SMILES string of the molecule is CCCC(C)(N)C(=O)NCC(C)CN1CCN(CC)CC1.Cl. The lowest BCUT2D eigenvalue weighted by atomic mass is 9.96. The predicted octanol–water partition coefficient (Wildman–Crippen LogP) is 1.32. The number of hydrogen-bond acceptors (Lipinski definition) is 4. The van der Waals surface area contributed by atoms with E-state index in [-0.39, 0.29) is 18.3 Å². The minimum absolute atomic E-state index is 0. The summed E-state index contributed by atoms with van der Waals surface area (Å²) in [5.41, 5.74) is 5.31. The first-order valence-corrected chi connectivity index (χ1v) is 8.41. The van der Waals surface area contributed by atoms with Gasteiger partial charge in [-0.3, -0.25) is 4.79 Å². The van der Waals surface area contributed by atoms with Crippen LogP contribution in [0.25, 0.3) is 0 Å². The molecule has 1 aliphatic rings. The smallest absolute Gasteiger partial charge is 0.239 e. The van der Waals surface area contributed by atoms with Gasteiger partial charge in [0.15, 0.2) is 0 Å². The van der Waals surface area contributed by atoms with E-state index >= 15 is 0 Å². The van der Waals surface area contributed by atoms with E-state index in [9.17, 15) is 4.79 Å². The van der Waals surface area contributed by atoms with E-state index in [4.69, 9.17) is 5.73 Å². The second kappa shape index (κ2) is 10.4. The van der Waals surface area contributed by atoms with Gasteiger partial charge in [-0.05, 0) is 25.8 Å². The first kappa shape index (κ1) is 21.6. The third-order valence-corrected chi connectivity index (χ3v) is 4.38. The van der Waals surface area contributed by atoms with Gasteiger partial charge in [0.1, 0.15) is 0 Å². The number of amides is 1. The van der Waals surface area contributed by atoms with Crippen LogP contribution in [-0.2, 0) is 4.79 Å². The molecule has 0 spiro atoms. The molecule has 2 unspecified atom stereocenters. The number of carbonyl (C=O) groups is 1. The maximum absolute atomic E-state index is 12.1. The molecule has 0 bridgehead atoms. The molecule has 5 nitrogen and oxygen atoms in total. The van der Waals surface area contributed by atoms with Gasteiger partial charge in [0.25, 0.3) is 0 Å². The van der Waals surface area contributed by atoms with E-state index in [1.807, 2.05) is 6.92 Å². The fourth-order valence-electron chi connectivity index (χ4n) is 2.90. The molecular formula is C16H35ClN4O. The topological polar surface area (TPSA) is 61.6 Å². The van der Waals surface area contributed by atoms with E-state index in [1.54, 1.807) is 0 Å². The van der Waals surface area contributed by atoms with Crippen molar-refractivity contribution in [3.8, 4) is 0 Å². The van der Waals surface area contributed by atoms with Gasteiger partial charge in [0.2, 0.25) is 5.91 Å². The van der Waals surface area contributed by atoms with Crippen LogP contribution in [0.5, 0.6) is 0 Å². The minimum atomic E-state index is -0.735.